The summed E-state index contributed by atoms with van der Waals surface area (Å²) < 4.78 is 4.87. The molecule has 0 aliphatic carbocycles. The fourth-order valence-electron chi connectivity index (χ4n) is 4.47. The van der Waals surface area contributed by atoms with Crippen molar-refractivity contribution in [1.29, 1.82) is 0 Å². The summed E-state index contributed by atoms with van der Waals surface area (Å²) in [6, 6.07) is 19.2. The fraction of sp³-hybridized carbons (Fsp3) is 0.192. The molecule has 2 aliphatic rings. The summed E-state index contributed by atoms with van der Waals surface area (Å²) in [5.74, 6) is 0.345. The lowest BCUT2D eigenvalue weighted by Gasteiger charge is -2.18. The van der Waals surface area contributed by atoms with Crippen molar-refractivity contribution in [3.8, 4) is 5.75 Å². The molecule has 0 atom stereocenters. The molecule has 6 heteroatoms. The quantitative estimate of drug-likeness (QED) is 0.562. The number of benzene rings is 3. The Kier molecular flexibility index (Phi) is 4.98. The maximum absolute atomic E-state index is 12.8. The largest absolute Gasteiger partial charge is 0.429 e. The van der Waals surface area contributed by atoms with Gasteiger partial charge in [-0.2, -0.15) is 0 Å². The van der Waals surface area contributed by atoms with Gasteiger partial charge in [0, 0.05) is 37.3 Å². The van der Waals surface area contributed by atoms with Crippen LogP contribution in [0.25, 0.3) is 0 Å². The van der Waals surface area contributed by atoms with Crippen molar-refractivity contribution in [2.75, 3.05) is 0 Å². The average Bonchev–Trinajstić information content (AvgIpc) is 3.25. The molecule has 0 N–H and O–H groups in total. The monoisotopic (exact) mass is 426 g/mol. The zero-order chi connectivity index (χ0) is 22.2. The van der Waals surface area contributed by atoms with E-state index in [0.717, 1.165) is 33.4 Å². The Morgan fingerprint density at radius 2 is 1.41 bits per heavy atom. The summed E-state index contributed by atoms with van der Waals surface area (Å²) in [4.78, 5) is 39.8. The van der Waals surface area contributed by atoms with Gasteiger partial charge in [-0.1, -0.05) is 48.0 Å². The van der Waals surface area contributed by atoms with Gasteiger partial charge in [0.2, 0.25) is 0 Å². The van der Waals surface area contributed by atoms with Crippen LogP contribution in [0.15, 0.2) is 60.7 Å². The zero-order valence-electron chi connectivity index (χ0n) is 17.7. The average molecular weight is 426 g/mol. The predicted octanol–water partition coefficient (Wildman–Crippen LogP) is 3.84. The molecule has 0 spiro atoms. The molecule has 6 nitrogen and oxygen atoms in total. The minimum atomic E-state index is -0.0812. The summed E-state index contributed by atoms with van der Waals surface area (Å²) in [5.41, 5.74) is 6.47. The van der Waals surface area contributed by atoms with Gasteiger partial charge in [0.25, 0.3) is 18.3 Å². The van der Waals surface area contributed by atoms with E-state index in [2.05, 4.69) is 6.07 Å². The number of amides is 2. The van der Waals surface area contributed by atoms with Crippen LogP contribution in [0.1, 0.15) is 48.5 Å². The van der Waals surface area contributed by atoms with Gasteiger partial charge in [0.1, 0.15) is 5.75 Å². The van der Waals surface area contributed by atoms with Crippen LogP contribution < -0.4 is 4.74 Å². The molecule has 2 aliphatic heterocycles. The highest BCUT2D eigenvalue weighted by molar-refractivity contribution is 5.99. The van der Waals surface area contributed by atoms with E-state index >= 15 is 0 Å². The molecule has 2 heterocycles. The minimum Gasteiger partial charge on any atom is -0.429 e. The lowest BCUT2D eigenvalue weighted by atomic mass is 10.1. The number of nitrogens with zero attached hydrogens (tertiary/aromatic N) is 2. The maximum atomic E-state index is 12.8. The second kappa shape index (κ2) is 7.96. The summed E-state index contributed by atoms with van der Waals surface area (Å²) in [5, 5.41) is 0. The second-order valence-corrected chi connectivity index (χ2v) is 8.34. The van der Waals surface area contributed by atoms with Crippen molar-refractivity contribution >= 4 is 18.3 Å². The first kappa shape index (κ1) is 20.0. The third-order valence-electron chi connectivity index (χ3n) is 6.03. The molecule has 32 heavy (non-hydrogen) atoms. The highest BCUT2D eigenvalue weighted by atomic mass is 16.5. The Labute approximate surface area is 186 Å². The Morgan fingerprint density at radius 1 is 0.812 bits per heavy atom. The highest BCUT2D eigenvalue weighted by Gasteiger charge is 2.29. The minimum absolute atomic E-state index is 0.0626. The predicted molar refractivity (Wildman–Crippen MR) is 118 cm³/mol. The molecule has 0 saturated heterocycles. The molecule has 3 aromatic carbocycles. The zero-order valence-corrected chi connectivity index (χ0v) is 17.7. The summed E-state index contributed by atoms with van der Waals surface area (Å²) in [6.07, 6.45) is 0. The van der Waals surface area contributed by atoms with Gasteiger partial charge in [-0.05, 0) is 47.4 Å². The molecule has 5 rings (SSSR count). The number of hydrogen-bond donors (Lipinski definition) is 0. The Bertz CT molecular complexity index is 1250. The number of fused-ring (bicyclic) bond motifs is 2. The molecule has 0 unspecified atom stereocenters. The molecule has 0 saturated carbocycles. The van der Waals surface area contributed by atoms with Crippen molar-refractivity contribution in [2.45, 2.75) is 33.1 Å². The molecular formula is C26H22N2O4. The number of carbonyl (C=O) groups is 3. The Balaban J connectivity index is 1.29. The molecule has 0 radical (unpaired) electrons. The van der Waals surface area contributed by atoms with Gasteiger partial charge < -0.3 is 14.5 Å². The van der Waals surface area contributed by atoms with Gasteiger partial charge in [0.15, 0.2) is 0 Å². The van der Waals surface area contributed by atoms with E-state index < -0.39 is 0 Å². The van der Waals surface area contributed by atoms with Crippen molar-refractivity contribution in [1.82, 2.24) is 9.80 Å². The van der Waals surface area contributed by atoms with Crippen molar-refractivity contribution in [3.05, 3.63) is 99.6 Å². The van der Waals surface area contributed by atoms with Crippen LogP contribution in [0.5, 0.6) is 5.75 Å². The van der Waals surface area contributed by atoms with Crippen LogP contribution in [0.2, 0.25) is 0 Å². The fourth-order valence-corrected chi connectivity index (χ4v) is 4.47. The van der Waals surface area contributed by atoms with E-state index in [1.54, 1.807) is 17.0 Å². The number of ether oxygens (including phenoxy) is 1. The number of carbonyl (C=O) groups excluding carboxylic acids is 3. The van der Waals surface area contributed by atoms with Crippen LogP contribution in [0, 0.1) is 6.92 Å². The van der Waals surface area contributed by atoms with Crippen molar-refractivity contribution < 1.29 is 19.1 Å². The summed E-state index contributed by atoms with van der Waals surface area (Å²) in [6.45, 7) is 4.48. The van der Waals surface area contributed by atoms with Crippen LogP contribution >= 0.6 is 0 Å². The molecular weight excluding hydrogens is 404 g/mol. The van der Waals surface area contributed by atoms with E-state index in [-0.39, 0.29) is 11.8 Å². The van der Waals surface area contributed by atoms with Crippen LogP contribution in [-0.2, 0) is 31.0 Å². The molecule has 0 fully saturated rings. The summed E-state index contributed by atoms with van der Waals surface area (Å²) in [7, 11) is 0. The first-order valence-electron chi connectivity index (χ1n) is 10.5. The normalized spacial score (nSPS) is 14.5. The van der Waals surface area contributed by atoms with Gasteiger partial charge in [-0.15, -0.1) is 0 Å². The van der Waals surface area contributed by atoms with Gasteiger partial charge in [-0.3, -0.25) is 14.4 Å². The summed E-state index contributed by atoms with van der Waals surface area (Å²) >= 11 is 0. The molecule has 160 valence electrons. The number of rotatable bonds is 6. The second-order valence-electron chi connectivity index (χ2n) is 8.34. The van der Waals surface area contributed by atoms with E-state index in [1.165, 1.54) is 0 Å². The SMILES string of the molecule is Cc1ccc2c(c1)C(=O)N(Cc1cccc(CN3Cc4ccc(OC=O)cc4C3=O)c1)C2. The maximum Gasteiger partial charge on any atom is 0.298 e. The van der Waals surface area contributed by atoms with E-state index in [4.69, 9.17) is 4.74 Å². The van der Waals surface area contributed by atoms with Gasteiger partial charge in [-0.25, -0.2) is 0 Å². The van der Waals surface area contributed by atoms with Crippen molar-refractivity contribution in [2.24, 2.45) is 0 Å². The van der Waals surface area contributed by atoms with Gasteiger partial charge >= 0.3 is 0 Å². The van der Waals surface area contributed by atoms with E-state index in [9.17, 15) is 14.4 Å². The third kappa shape index (κ3) is 3.64. The Morgan fingerprint density at radius 3 is 2.03 bits per heavy atom. The first-order valence-corrected chi connectivity index (χ1v) is 10.5. The van der Waals surface area contributed by atoms with E-state index in [0.29, 0.717) is 44.0 Å². The first-order chi connectivity index (χ1) is 15.5. The van der Waals surface area contributed by atoms with Gasteiger partial charge in [0.05, 0.1) is 0 Å². The molecule has 0 bridgehead atoms. The topological polar surface area (TPSA) is 66.9 Å². The highest BCUT2D eigenvalue weighted by Crippen LogP contribution is 2.29. The third-order valence-corrected chi connectivity index (χ3v) is 6.03. The van der Waals surface area contributed by atoms with Crippen LogP contribution in [0.3, 0.4) is 0 Å². The Hall–Kier alpha value is -3.93. The number of hydrogen-bond acceptors (Lipinski definition) is 4. The molecule has 2 amide bonds. The lowest BCUT2D eigenvalue weighted by Crippen LogP contribution is -2.24. The molecule has 3 aromatic rings. The standard InChI is InChI=1S/C26H22N2O4/c1-17-5-6-20-14-27(25(30)23(20)9-17)12-18-3-2-4-19(10-18)13-28-15-21-7-8-22(32-16-29)11-24(21)26(28)31/h2-11,16H,12-15H2,1H3. The van der Waals surface area contributed by atoms with Crippen molar-refractivity contribution in [3.63, 3.8) is 0 Å². The lowest BCUT2D eigenvalue weighted by molar-refractivity contribution is -0.120. The number of aryl methyl sites for hydroxylation is 1. The van der Waals surface area contributed by atoms with E-state index in [1.807, 2.05) is 54.3 Å². The van der Waals surface area contributed by atoms with Crippen LogP contribution in [0.4, 0.5) is 0 Å². The molecule has 0 aromatic heterocycles. The smallest absolute Gasteiger partial charge is 0.298 e. The van der Waals surface area contributed by atoms with Crippen LogP contribution in [-0.4, -0.2) is 28.1 Å².